The zero-order valence-corrected chi connectivity index (χ0v) is 10.5. The number of hydrogen-bond donors (Lipinski definition) is 2. The van der Waals surface area contributed by atoms with Crippen LogP contribution in [0.4, 0.5) is 0 Å². The Morgan fingerprint density at radius 3 is 3.00 bits per heavy atom. The first-order chi connectivity index (χ1) is 7.79. The molecule has 0 saturated carbocycles. The summed E-state index contributed by atoms with van der Waals surface area (Å²) in [7, 11) is 1.93. The van der Waals surface area contributed by atoms with Crippen LogP contribution < -0.4 is 5.32 Å². The number of nitrogens with one attached hydrogen (secondary N) is 2. The van der Waals surface area contributed by atoms with Gasteiger partial charge in [-0.05, 0) is 41.0 Å². The molecule has 1 atom stereocenters. The lowest BCUT2D eigenvalue weighted by molar-refractivity contribution is 0.562. The molecule has 0 spiro atoms. The van der Waals surface area contributed by atoms with Gasteiger partial charge in [0.05, 0.1) is 6.04 Å². The highest BCUT2D eigenvalue weighted by Gasteiger charge is 2.12. The van der Waals surface area contributed by atoms with Gasteiger partial charge in [0.1, 0.15) is 5.82 Å². The van der Waals surface area contributed by atoms with Crippen molar-refractivity contribution in [1.82, 2.24) is 20.3 Å². The number of nitrogens with zero attached hydrogens (tertiary/aromatic N) is 2. The molecule has 16 heavy (non-hydrogen) atoms. The molecule has 5 heteroatoms. The fraction of sp³-hybridized carbons (Fsp3) is 0.273. The van der Waals surface area contributed by atoms with Crippen LogP contribution in [0.1, 0.15) is 17.4 Å². The minimum Gasteiger partial charge on any atom is -0.347 e. The number of aromatic nitrogens is 3. The Hall–Kier alpha value is -1.20. The standard InChI is InChI=1S/C11H13BrN4/c1-13-10(11-15-2-3-16-11)5-8-4-9(12)7-14-6-8/h2-4,6-7,10,13H,5H2,1H3,(H,15,16). The average molecular weight is 281 g/mol. The largest absolute Gasteiger partial charge is 0.347 e. The molecule has 0 bridgehead atoms. The number of rotatable bonds is 4. The van der Waals surface area contributed by atoms with E-state index in [2.05, 4.69) is 42.3 Å². The van der Waals surface area contributed by atoms with Gasteiger partial charge in [-0.25, -0.2) is 4.98 Å². The highest BCUT2D eigenvalue weighted by atomic mass is 79.9. The molecule has 0 aliphatic carbocycles. The predicted octanol–water partition coefficient (Wildman–Crippen LogP) is 2.07. The number of imidazole rings is 1. The molecule has 0 aliphatic heterocycles. The summed E-state index contributed by atoms with van der Waals surface area (Å²) in [4.78, 5) is 11.5. The Morgan fingerprint density at radius 2 is 2.38 bits per heavy atom. The van der Waals surface area contributed by atoms with Gasteiger partial charge in [-0.1, -0.05) is 0 Å². The summed E-state index contributed by atoms with van der Waals surface area (Å²) in [6, 6.07) is 2.26. The van der Waals surface area contributed by atoms with Gasteiger partial charge in [-0.3, -0.25) is 4.98 Å². The van der Waals surface area contributed by atoms with E-state index in [4.69, 9.17) is 0 Å². The predicted molar refractivity (Wildman–Crippen MR) is 66.0 cm³/mol. The maximum atomic E-state index is 4.26. The molecule has 2 rings (SSSR count). The fourth-order valence-electron chi connectivity index (χ4n) is 1.61. The van der Waals surface area contributed by atoms with E-state index < -0.39 is 0 Å². The molecule has 0 saturated heterocycles. The van der Waals surface area contributed by atoms with Crippen LogP contribution in [0.2, 0.25) is 0 Å². The molecule has 2 aromatic heterocycles. The summed E-state index contributed by atoms with van der Waals surface area (Å²) in [6.07, 6.45) is 8.11. The zero-order valence-electron chi connectivity index (χ0n) is 8.94. The summed E-state index contributed by atoms with van der Waals surface area (Å²) in [5, 5.41) is 3.24. The van der Waals surface area contributed by atoms with Gasteiger partial charge >= 0.3 is 0 Å². The van der Waals surface area contributed by atoms with E-state index in [1.165, 1.54) is 5.56 Å². The molecule has 1 unspecified atom stereocenters. The second-order valence-electron chi connectivity index (χ2n) is 3.53. The van der Waals surface area contributed by atoms with Crippen molar-refractivity contribution in [3.63, 3.8) is 0 Å². The third-order valence-corrected chi connectivity index (χ3v) is 2.83. The molecule has 0 amide bonds. The first-order valence-electron chi connectivity index (χ1n) is 5.05. The molecular formula is C11H13BrN4. The number of aromatic amines is 1. The van der Waals surface area contributed by atoms with Gasteiger partial charge in [0.25, 0.3) is 0 Å². The lowest BCUT2D eigenvalue weighted by Gasteiger charge is -2.13. The van der Waals surface area contributed by atoms with E-state index in [0.717, 1.165) is 16.7 Å². The Kier molecular flexibility index (Phi) is 3.69. The van der Waals surface area contributed by atoms with E-state index in [1.807, 2.05) is 19.4 Å². The van der Waals surface area contributed by atoms with Gasteiger partial charge in [0.15, 0.2) is 0 Å². The number of likely N-dealkylation sites (N-methyl/N-ethyl adjacent to an activating group) is 1. The zero-order chi connectivity index (χ0) is 11.4. The molecule has 84 valence electrons. The van der Waals surface area contributed by atoms with Gasteiger partial charge in [0.2, 0.25) is 0 Å². The van der Waals surface area contributed by atoms with Crippen LogP contribution in [0.5, 0.6) is 0 Å². The molecule has 2 N–H and O–H groups in total. The summed E-state index contributed by atoms with van der Waals surface area (Å²) in [5.41, 5.74) is 1.17. The van der Waals surface area contributed by atoms with Crippen LogP contribution >= 0.6 is 15.9 Å². The maximum absolute atomic E-state index is 4.26. The Bertz CT molecular complexity index is 441. The normalized spacial score (nSPS) is 12.6. The minimum absolute atomic E-state index is 0.186. The monoisotopic (exact) mass is 280 g/mol. The molecule has 0 aliphatic rings. The number of pyridine rings is 1. The van der Waals surface area contributed by atoms with Gasteiger partial charge in [-0.2, -0.15) is 0 Å². The Balaban J connectivity index is 2.13. The van der Waals surface area contributed by atoms with Crippen LogP contribution in [0.15, 0.2) is 35.3 Å². The van der Waals surface area contributed by atoms with Crippen molar-refractivity contribution in [3.8, 4) is 0 Å². The lowest BCUT2D eigenvalue weighted by Crippen LogP contribution is -2.20. The van der Waals surface area contributed by atoms with Crippen LogP contribution in [0, 0.1) is 0 Å². The minimum atomic E-state index is 0.186. The van der Waals surface area contributed by atoms with Crippen molar-refractivity contribution in [2.45, 2.75) is 12.5 Å². The topological polar surface area (TPSA) is 53.6 Å². The highest BCUT2D eigenvalue weighted by Crippen LogP contribution is 2.16. The third-order valence-electron chi connectivity index (χ3n) is 2.40. The van der Waals surface area contributed by atoms with Gasteiger partial charge in [-0.15, -0.1) is 0 Å². The lowest BCUT2D eigenvalue weighted by atomic mass is 10.1. The van der Waals surface area contributed by atoms with Crippen LogP contribution in [0.25, 0.3) is 0 Å². The van der Waals surface area contributed by atoms with E-state index in [1.54, 1.807) is 12.4 Å². The van der Waals surface area contributed by atoms with Crippen LogP contribution in [0.3, 0.4) is 0 Å². The van der Waals surface area contributed by atoms with E-state index in [0.29, 0.717) is 0 Å². The number of H-pyrrole nitrogens is 1. The number of halogens is 1. The molecule has 0 aromatic carbocycles. The van der Waals surface area contributed by atoms with Crippen molar-refractivity contribution in [3.05, 3.63) is 46.7 Å². The second kappa shape index (κ2) is 5.23. The third kappa shape index (κ3) is 2.68. The average Bonchev–Trinajstić information content (AvgIpc) is 2.79. The smallest absolute Gasteiger partial charge is 0.123 e. The van der Waals surface area contributed by atoms with Crippen LogP contribution in [-0.2, 0) is 6.42 Å². The molecule has 0 radical (unpaired) electrons. The summed E-state index contributed by atoms with van der Waals surface area (Å²) < 4.78 is 0.999. The second-order valence-corrected chi connectivity index (χ2v) is 4.45. The summed E-state index contributed by atoms with van der Waals surface area (Å²) in [5.74, 6) is 0.947. The molecule has 4 nitrogen and oxygen atoms in total. The maximum Gasteiger partial charge on any atom is 0.123 e. The fourth-order valence-corrected chi connectivity index (χ4v) is 2.02. The molecule has 0 fully saturated rings. The summed E-state index contributed by atoms with van der Waals surface area (Å²) >= 11 is 3.42. The van der Waals surface area contributed by atoms with E-state index >= 15 is 0 Å². The Morgan fingerprint density at radius 1 is 1.50 bits per heavy atom. The van der Waals surface area contributed by atoms with Gasteiger partial charge < -0.3 is 10.3 Å². The Labute approximate surface area is 103 Å². The van der Waals surface area contributed by atoms with Crippen molar-refractivity contribution < 1.29 is 0 Å². The van der Waals surface area contributed by atoms with Crippen LogP contribution in [-0.4, -0.2) is 22.0 Å². The first kappa shape index (κ1) is 11.3. The molecular weight excluding hydrogens is 268 g/mol. The van der Waals surface area contributed by atoms with Crippen molar-refractivity contribution in [2.75, 3.05) is 7.05 Å². The van der Waals surface area contributed by atoms with E-state index in [9.17, 15) is 0 Å². The summed E-state index contributed by atoms with van der Waals surface area (Å²) in [6.45, 7) is 0. The van der Waals surface area contributed by atoms with Gasteiger partial charge in [0, 0.05) is 29.3 Å². The van der Waals surface area contributed by atoms with E-state index in [-0.39, 0.29) is 6.04 Å². The highest BCUT2D eigenvalue weighted by molar-refractivity contribution is 9.10. The van der Waals surface area contributed by atoms with Crippen molar-refractivity contribution in [1.29, 1.82) is 0 Å². The quantitative estimate of drug-likeness (QED) is 0.902. The molecule has 2 heterocycles. The van der Waals surface area contributed by atoms with Crippen molar-refractivity contribution in [2.24, 2.45) is 0 Å². The SMILES string of the molecule is CNC(Cc1cncc(Br)c1)c1ncc[nH]1. The first-order valence-corrected chi connectivity index (χ1v) is 5.85. The molecule has 2 aromatic rings. The number of hydrogen-bond acceptors (Lipinski definition) is 3. The van der Waals surface area contributed by atoms with Crippen molar-refractivity contribution >= 4 is 15.9 Å².